The summed E-state index contributed by atoms with van der Waals surface area (Å²) in [5.74, 6) is 2.15. The first kappa shape index (κ1) is 24.9. The lowest BCUT2D eigenvalue weighted by Gasteiger charge is -2.45. The molecule has 1 saturated carbocycles. The fourth-order valence-corrected chi connectivity index (χ4v) is 6.02. The molecule has 4 N–H and O–H groups in total. The molecular formula is C27H31N7O2S. The summed E-state index contributed by atoms with van der Waals surface area (Å²) in [6.45, 7) is 0. The van der Waals surface area contributed by atoms with Crippen molar-refractivity contribution in [3.63, 3.8) is 0 Å². The molecule has 5 rings (SSSR count). The van der Waals surface area contributed by atoms with Crippen LogP contribution in [0.25, 0.3) is 0 Å². The van der Waals surface area contributed by atoms with Gasteiger partial charge in [-0.05, 0) is 55.5 Å². The highest BCUT2D eigenvalue weighted by Gasteiger charge is 2.42. The summed E-state index contributed by atoms with van der Waals surface area (Å²) in [5, 5.41) is -0.174. The van der Waals surface area contributed by atoms with Crippen LogP contribution >= 0.6 is 11.8 Å². The molecule has 1 fully saturated rings. The van der Waals surface area contributed by atoms with Gasteiger partial charge in [-0.3, -0.25) is 4.90 Å². The maximum Gasteiger partial charge on any atom is 0.220 e. The van der Waals surface area contributed by atoms with Crippen LogP contribution in [0.2, 0.25) is 0 Å². The minimum Gasteiger partial charge on any atom is -0.481 e. The first-order valence-corrected chi connectivity index (χ1v) is 13.2. The fourth-order valence-electron chi connectivity index (χ4n) is 4.95. The average Bonchev–Trinajstić information content (AvgIpc) is 2.92. The highest BCUT2D eigenvalue weighted by atomic mass is 32.2. The first-order valence-electron chi connectivity index (χ1n) is 12.3. The Labute approximate surface area is 221 Å². The molecule has 37 heavy (non-hydrogen) atoms. The molecule has 1 aliphatic heterocycles. The third kappa shape index (κ3) is 5.20. The fraction of sp³-hybridized carbons (Fsp3) is 0.333. The van der Waals surface area contributed by atoms with Crippen molar-refractivity contribution in [1.82, 2.24) is 9.97 Å². The lowest BCUT2D eigenvalue weighted by atomic mass is 9.87. The Kier molecular flexibility index (Phi) is 7.18. The molecule has 0 saturated heterocycles. The van der Waals surface area contributed by atoms with Gasteiger partial charge in [0.1, 0.15) is 5.66 Å². The second kappa shape index (κ2) is 10.7. The van der Waals surface area contributed by atoms with E-state index in [1.54, 1.807) is 32.0 Å². The predicted molar refractivity (Wildman–Crippen MR) is 147 cm³/mol. The zero-order chi connectivity index (χ0) is 25.8. The predicted octanol–water partition coefficient (Wildman–Crippen LogP) is 4.49. The highest BCUT2D eigenvalue weighted by Crippen LogP contribution is 2.43. The van der Waals surface area contributed by atoms with E-state index in [-0.39, 0.29) is 11.2 Å². The molecule has 2 heterocycles. The van der Waals surface area contributed by atoms with Crippen molar-refractivity contribution in [1.29, 1.82) is 0 Å². The third-order valence-corrected chi connectivity index (χ3v) is 7.91. The molecule has 1 aliphatic carbocycles. The minimum absolute atomic E-state index is 0.174. The molecule has 0 amide bonds. The number of hydrogen-bond donors (Lipinski definition) is 2. The van der Waals surface area contributed by atoms with Crippen molar-refractivity contribution in [2.75, 3.05) is 19.1 Å². The molecule has 1 unspecified atom stereocenters. The zero-order valence-corrected chi connectivity index (χ0v) is 21.8. The Hall–Kier alpha value is -3.79. The van der Waals surface area contributed by atoms with Crippen LogP contribution < -0.4 is 25.8 Å². The highest BCUT2D eigenvalue weighted by molar-refractivity contribution is 7.99. The van der Waals surface area contributed by atoms with Crippen molar-refractivity contribution in [3.05, 3.63) is 72.1 Å². The Morgan fingerprint density at radius 1 is 0.892 bits per heavy atom. The van der Waals surface area contributed by atoms with Crippen LogP contribution in [0.4, 0.5) is 5.69 Å². The standard InChI is InChI=1S/C27H31N7O2S/c1-35-21-17-22(36-2)31-24(30-21)23(18-9-5-3-6-10-18)37-20-13-11-19(12-14-20)34-26(29)32-25(28)33-27(34)15-7-4-8-16-27/h3,5-6,9-14,17,23H,4,7-8,15-16H2,1-2H3,(H4,28,29,32,33). The number of guanidine groups is 2. The topological polar surface area (TPSA) is 124 Å². The molecular weight excluding hydrogens is 486 g/mol. The maximum absolute atomic E-state index is 6.40. The number of ether oxygens (including phenoxy) is 2. The van der Waals surface area contributed by atoms with Crippen LogP contribution in [0.5, 0.6) is 11.8 Å². The lowest BCUT2D eigenvalue weighted by molar-refractivity contribution is 0.305. The van der Waals surface area contributed by atoms with E-state index in [0.717, 1.165) is 41.8 Å². The molecule has 1 aromatic heterocycles. The van der Waals surface area contributed by atoms with Gasteiger partial charge in [0.15, 0.2) is 5.82 Å². The van der Waals surface area contributed by atoms with Crippen LogP contribution in [0.15, 0.2) is 75.5 Å². The number of aromatic nitrogens is 2. The number of rotatable bonds is 7. The molecule has 9 nitrogen and oxygen atoms in total. The van der Waals surface area contributed by atoms with E-state index in [9.17, 15) is 0 Å². The van der Waals surface area contributed by atoms with Crippen LogP contribution in [-0.4, -0.2) is 41.8 Å². The van der Waals surface area contributed by atoms with E-state index >= 15 is 0 Å². The number of anilines is 1. The van der Waals surface area contributed by atoms with Crippen LogP contribution in [-0.2, 0) is 0 Å². The van der Waals surface area contributed by atoms with Gasteiger partial charge in [-0.25, -0.2) is 4.99 Å². The second-order valence-corrected chi connectivity index (χ2v) is 10.2. The van der Waals surface area contributed by atoms with Gasteiger partial charge in [0.05, 0.1) is 25.5 Å². The van der Waals surface area contributed by atoms with Crippen LogP contribution in [0, 0.1) is 0 Å². The summed E-state index contributed by atoms with van der Waals surface area (Å²) in [5.41, 5.74) is 14.0. The van der Waals surface area contributed by atoms with Crippen molar-refractivity contribution in [2.24, 2.45) is 21.5 Å². The Morgan fingerprint density at radius 3 is 2.16 bits per heavy atom. The summed E-state index contributed by atoms with van der Waals surface area (Å²) in [7, 11) is 3.17. The summed E-state index contributed by atoms with van der Waals surface area (Å²) in [6.07, 6.45) is 5.14. The number of benzene rings is 2. The first-order chi connectivity index (χ1) is 18.0. The molecule has 0 radical (unpaired) electrons. The molecule has 2 aliphatic rings. The van der Waals surface area contributed by atoms with Crippen molar-refractivity contribution in [2.45, 2.75) is 47.9 Å². The van der Waals surface area contributed by atoms with E-state index in [0.29, 0.717) is 23.5 Å². The molecule has 2 aromatic carbocycles. The van der Waals surface area contributed by atoms with E-state index in [2.05, 4.69) is 51.4 Å². The van der Waals surface area contributed by atoms with E-state index in [1.165, 1.54) is 6.42 Å². The molecule has 10 heteroatoms. The lowest BCUT2D eigenvalue weighted by Crippen LogP contribution is -2.58. The summed E-state index contributed by atoms with van der Waals surface area (Å²) in [4.78, 5) is 21.4. The van der Waals surface area contributed by atoms with Gasteiger partial charge in [-0.2, -0.15) is 15.0 Å². The number of nitrogens with two attached hydrogens (primary N) is 2. The number of hydrogen-bond acceptors (Lipinski definition) is 10. The van der Waals surface area contributed by atoms with Gasteiger partial charge in [0, 0.05) is 10.6 Å². The van der Waals surface area contributed by atoms with E-state index in [4.69, 9.17) is 25.9 Å². The molecule has 1 atom stereocenters. The van der Waals surface area contributed by atoms with Crippen LogP contribution in [0.3, 0.4) is 0 Å². The van der Waals surface area contributed by atoms with Crippen molar-refractivity contribution in [3.8, 4) is 11.8 Å². The number of methoxy groups -OCH3 is 2. The quantitative estimate of drug-likeness (QED) is 0.440. The van der Waals surface area contributed by atoms with E-state index < -0.39 is 5.66 Å². The molecule has 0 bridgehead atoms. The zero-order valence-electron chi connectivity index (χ0n) is 21.0. The van der Waals surface area contributed by atoms with Gasteiger partial charge in [0.2, 0.25) is 23.7 Å². The summed E-state index contributed by atoms with van der Waals surface area (Å²) >= 11 is 1.65. The Morgan fingerprint density at radius 2 is 1.54 bits per heavy atom. The normalized spacial score (nSPS) is 17.6. The smallest absolute Gasteiger partial charge is 0.220 e. The maximum atomic E-state index is 6.40. The molecule has 1 spiro atoms. The number of aliphatic imine (C=N–C) groups is 2. The second-order valence-electron chi connectivity index (χ2n) is 9.03. The van der Waals surface area contributed by atoms with Gasteiger partial charge in [-0.1, -0.05) is 36.8 Å². The van der Waals surface area contributed by atoms with Gasteiger partial charge in [-0.15, -0.1) is 11.8 Å². The van der Waals surface area contributed by atoms with Crippen LogP contribution in [0.1, 0.15) is 48.7 Å². The Bertz CT molecular complexity index is 1270. The van der Waals surface area contributed by atoms with Gasteiger partial charge >= 0.3 is 0 Å². The van der Waals surface area contributed by atoms with E-state index in [1.807, 2.05) is 23.1 Å². The van der Waals surface area contributed by atoms with Crippen molar-refractivity contribution < 1.29 is 9.47 Å². The third-order valence-electron chi connectivity index (χ3n) is 6.65. The average molecular weight is 518 g/mol. The summed E-state index contributed by atoms with van der Waals surface area (Å²) < 4.78 is 10.8. The van der Waals surface area contributed by atoms with Gasteiger partial charge in [0.25, 0.3) is 0 Å². The number of thioether (sulfide) groups is 1. The molecule has 3 aromatic rings. The largest absolute Gasteiger partial charge is 0.481 e. The van der Waals surface area contributed by atoms with Gasteiger partial charge < -0.3 is 20.9 Å². The Balaban J connectivity index is 1.47. The SMILES string of the molecule is COc1cc(OC)nc(C(Sc2ccc(N3C(N)=NC(N)=NC34CCCCC4)cc2)c2ccccc2)n1. The van der Waals surface area contributed by atoms with Crippen molar-refractivity contribution >= 4 is 29.4 Å². The molecule has 192 valence electrons. The monoisotopic (exact) mass is 517 g/mol. The minimum atomic E-state index is -0.472. The summed E-state index contributed by atoms with van der Waals surface area (Å²) in [6, 6.07) is 20.1. The number of nitrogens with zero attached hydrogens (tertiary/aromatic N) is 5.